The molecule has 0 unspecified atom stereocenters. The van der Waals surface area contributed by atoms with Gasteiger partial charge in [-0.1, -0.05) is 6.07 Å². The van der Waals surface area contributed by atoms with Gasteiger partial charge in [0.25, 0.3) is 0 Å². The van der Waals surface area contributed by atoms with Gasteiger partial charge in [0.1, 0.15) is 6.07 Å². The highest BCUT2D eigenvalue weighted by molar-refractivity contribution is 9.10. The lowest BCUT2D eigenvalue weighted by Gasteiger charge is -2.05. The highest BCUT2D eigenvalue weighted by Crippen LogP contribution is 2.19. The van der Waals surface area contributed by atoms with Crippen LogP contribution in [-0.2, 0) is 12.8 Å². The smallest absolute Gasteiger partial charge is 0.100 e. The summed E-state index contributed by atoms with van der Waals surface area (Å²) in [7, 11) is 0. The largest absolute Gasteiger partial charge is 0.397 e. The summed E-state index contributed by atoms with van der Waals surface area (Å²) in [5.74, 6) is 0. The zero-order valence-electron chi connectivity index (χ0n) is 9.73. The Labute approximate surface area is 114 Å². The molecule has 0 spiro atoms. The summed E-state index contributed by atoms with van der Waals surface area (Å²) in [6.45, 7) is 0. The Balaban J connectivity index is 2.10. The Bertz CT molecular complexity index is 602. The number of nitriles is 1. The molecule has 0 aliphatic heterocycles. The van der Waals surface area contributed by atoms with Crippen molar-refractivity contribution >= 4 is 21.6 Å². The third kappa shape index (κ3) is 2.88. The number of nitrogens with two attached hydrogens (primary N) is 1. The molecule has 0 saturated heterocycles. The van der Waals surface area contributed by atoms with Crippen molar-refractivity contribution in [3.63, 3.8) is 0 Å². The van der Waals surface area contributed by atoms with Crippen LogP contribution >= 0.6 is 15.9 Å². The quantitative estimate of drug-likeness (QED) is 0.947. The third-order valence-corrected chi connectivity index (χ3v) is 3.39. The highest BCUT2D eigenvalue weighted by atomic mass is 79.9. The van der Waals surface area contributed by atoms with Crippen molar-refractivity contribution in [3.05, 3.63) is 57.8 Å². The minimum Gasteiger partial charge on any atom is -0.397 e. The lowest BCUT2D eigenvalue weighted by atomic mass is 10.1. The molecule has 0 radical (unpaired) electrons. The van der Waals surface area contributed by atoms with Crippen molar-refractivity contribution in [3.8, 4) is 6.07 Å². The van der Waals surface area contributed by atoms with Crippen LogP contribution in [0.15, 0.2) is 41.0 Å². The van der Waals surface area contributed by atoms with Crippen molar-refractivity contribution in [2.45, 2.75) is 12.8 Å². The van der Waals surface area contributed by atoms with Crippen molar-refractivity contribution in [2.75, 3.05) is 5.73 Å². The summed E-state index contributed by atoms with van der Waals surface area (Å²) in [5, 5.41) is 8.85. The molecule has 0 bridgehead atoms. The molecule has 3 nitrogen and oxygen atoms in total. The molecule has 1 heterocycles. The number of rotatable bonds is 3. The van der Waals surface area contributed by atoms with E-state index in [9.17, 15) is 0 Å². The molecule has 0 aliphatic carbocycles. The van der Waals surface area contributed by atoms with Crippen molar-refractivity contribution < 1.29 is 0 Å². The van der Waals surface area contributed by atoms with Gasteiger partial charge < -0.3 is 5.73 Å². The average Bonchev–Trinajstić information content (AvgIpc) is 2.38. The van der Waals surface area contributed by atoms with Crippen molar-refractivity contribution in [1.82, 2.24) is 4.98 Å². The molecule has 1 aromatic heterocycles. The van der Waals surface area contributed by atoms with E-state index in [4.69, 9.17) is 11.0 Å². The first kappa shape index (κ1) is 12.6. The van der Waals surface area contributed by atoms with Gasteiger partial charge in [0.2, 0.25) is 0 Å². The molecule has 0 fully saturated rings. The van der Waals surface area contributed by atoms with Crippen LogP contribution < -0.4 is 5.73 Å². The summed E-state index contributed by atoms with van der Waals surface area (Å²) in [6.07, 6.45) is 3.40. The average molecular weight is 302 g/mol. The van der Waals surface area contributed by atoms with E-state index >= 15 is 0 Å². The number of hydrogen-bond donors (Lipinski definition) is 1. The number of nitrogen functional groups attached to an aromatic ring is 1. The summed E-state index contributed by atoms with van der Waals surface area (Å²) in [4.78, 5) is 4.26. The van der Waals surface area contributed by atoms with Gasteiger partial charge in [-0.3, -0.25) is 4.98 Å². The zero-order valence-corrected chi connectivity index (χ0v) is 11.3. The van der Waals surface area contributed by atoms with Crippen LogP contribution in [0.4, 0.5) is 5.69 Å². The monoisotopic (exact) mass is 301 g/mol. The summed E-state index contributed by atoms with van der Waals surface area (Å²) in [6, 6.07) is 11.6. The van der Waals surface area contributed by atoms with E-state index in [1.54, 1.807) is 6.20 Å². The zero-order chi connectivity index (χ0) is 13.0. The van der Waals surface area contributed by atoms with Gasteiger partial charge in [-0.15, -0.1) is 0 Å². The second kappa shape index (κ2) is 5.65. The van der Waals surface area contributed by atoms with E-state index in [0.29, 0.717) is 5.56 Å². The fourth-order valence-corrected chi connectivity index (χ4v) is 2.24. The molecular formula is C14H12BrN3. The Morgan fingerprint density at radius 2 is 2.11 bits per heavy atom. The molecule has 0 saturated carbocycles. The Morgan fingerprint density at radius 1 is 1.28 bits per heavy atom. The van der Waals surface area contributed by atoms with Crippen LogP contribution in [0.25, 0.3) is 0 Å². The van der Waals surface area contributed by atoms with Gasteiger partial charge in [-0.05, 0) is 58.6 Å². The summed E-state index contributed by atoms with van der Waals surface area (Å²) >= 11 is 3.39. The number of nitrogens with zero attached hydrogens (tertiary/aromatic N) is 2. The number of hydrogen-bond acceptors (Lipinski definition) is 3. The maximum absolute atomic E-state index is 8.85. The molecule has 2 N–H and O–H groups in total. The standard InChI is InChI=1S/C14H12BrN3/c15-12-8-10(3-5-11(12)9-16)4-6-14-13(17)2-1-7-18-14/h1-3,5,7-8H,4,6,17H2. The van der Waals surface area contributed by atoms with E-state index in [1.807, 2.05) is 30.3 Å². The first-order chi connectivity index (χ1) is 8.70. The molecule has 0 amide bonds. The van der Waals surface area contributed by atoms with Crippen LogP contribution in [0, 0.1) is 11.3 Å². The summed E-state index contributed by atoms with van der Waals surface area (Å²) in [5.41, 5.74) is 9.29. The number of anilines is 1. The van der Waals surface area contributed by atoms with Crippen LogP contribution in [0.3, 0.4) is 0 Å². The topological polar surface area (TPSA) is 62.7 Å². The number of benzene rings is 1. The molecule has 0 atom stereocenters. The molecule has 4 heteroatoms. The van der Waals surface area contributed by atoms with Gasteiger partial charge in [-0.25, -0.2) is 0 Å². The molecule has 0 aliphatic rings. The SMILES string of the molecule is N#Cc1ccc(CCc2ncccc2N)cc1Br. The van der Waals surface area contributed by atoms with E-state index in [0.717, 1.165) is 34.3 Å². The third-order valence-electron chi connectivity index (χ3n) is 2.73. The van der Waals surface area contributed by atoms with Gasteiger partial charge in [0.15, 0.2) is 0 Å². The highest BCUT2D eigenvalue weighted by Gasteiger charge is 2.03. The molecule has 2 rings (SSSR count). The van der Waals surface area contributed by atoms with E-state index in [-0.39, 0.29) is 0 Å². The maximum atomic E-state index is 8.85. The normalized spacial score (nSPS) is 10.0. The summed E-state index contributed by atoms with van der Waals surface area (Å²) < 4.78 is 0.830. The molecule has 1 aromatic carbocycles. The first-order valence-corrected chi connectivity index (χ1v) is 6.38. The number of aryl methyl sites for hydroxylation is 2. The molecular weight excluding hydrogens is 290 g/mol. The Kier molecular flexibility index (Phi) is 3.96. The number of pyridine rings is 1. The number of halogens is 1. The number of aromatic nitrogens is 1. The Morgan fingerprint density at radius 3 is 2.78 bits per heavy atom. The van der Waals surface area contributed by atoms with E-state index in [1.165, 1.54) is 0 Å². The predicted molar refractivity (Wildman–Crippen MR) is 74.9 cm³/mol. The van der Waals surface area contributed by atoms with Gasteiger partial charge in [0.05, 0.1) is 16.9 Å². The molecule has 18 heavy (non-hydrogen) atoms. The van der Waals surface area contributed by atoms with Crippen LogP contribution in [-0.4, -0.2) is 4.98 Å². The molecule has 2 aromatic rings. The van der Waals surface area contributed by atoms with Crippen LogP contribution in [0.2, 0.25) is 0 Å². The molecule has 90 valence electrons. The lowest BCUT2D eigenvalue weighted by Crippen LogP contribution is -1.99. The van der Waals surface area contributed by atoms with Gasteiger partial charge in [-0.2, -0.15) is 5.26 Å². The second-order valence-corrected chi connectivity index (χ2v) is 4.82. The maximum Gasteiger partial charge on any atom is 0.100 e. The van der Waals surface area contributed by atoms with Crippen molar-refractivity contribution in [2.24, 2.45) is 0 Å². The van der Waals surface area contributed by atoms with E-state index in [2.05, 4.69) is 27.0 Å². The van der Waals surface area contributed by atoms with E-state index < -0.39 is 0 Å². The van der Waals surface area contributed by atoms with Crippen molar-refractivity contribution in [1.29, 1.82) is 5.26 Å². The van der Waals surface area contributed by atoms with Crippen LogP contribution in [0.5, 0.6) is 0 Å². The van der Waals surface area contributed by atoms with Gasteiger partial charge >= 0.3 is 0 Å². The minimum atomic E-state index is 0.649. The lowest BCUT2D eigenvalue weighted by molar-refractivity contribution is 0.916. The minimum absolute atomic E-state index is 0.649. The fourth-order valence-electron chi connectivity index (χ4n) is 1.73. The second-order valence-electron chi connectivity index (χ2n) is 3.97. The van der Waals surface area contributed by atoms with Crippen LogP contribution in [0.1, 0.15) is 16.8 Å². The Hall–Kier alpha value is -1.86. The fraction of sp³-hybridized carbons (Fsp3) is 0.143. The predicted octanol–water partition coefficient (Wildman–Crippen LogP) is 3.08. The van der Waals surface area contributed by atoms with Gasteiger partial charge in [0, 0.05) is 10.7 Å². The first-order valence-electron chi connectivity index (χ1n) is 5.58.